The van der Waals surface area contributed by atoms with E-state index in [1.165, 1.54) is 43.7 Å². The summed E-state index contributed by atoms with van der Waals surface area (Å²) in [6.07, 6.45) is 5.50. The Kier molecular flexibility index (Phi) is 4.79. The fraction of sp³-hybridized carbons (Fsp3) is 1.00. The van der Waals surface area contributed by atoms with Gasteiger partial charge in [-0.2, -0.15) is 11.8 Å². The molecule has 3 heteroatoms. The van der Waals surface area contributed by atoms with E-state index in [1.54, 1.807) is 0 Å². The van der Waals surface area contributed by atoms with Crippen LogP contribution in [0.25, 0.3) is 0 Å². The predicted molar refractivity (Wildman–Crippen MR) is 75.7 cm³/mol. The Morgan fingerprint density at radius 1 is 1.35 bits per heavy atom. The first-order chi connectivity index (χ1) is 8.11. The molecule has 2 heterocycles. The first kappa shape index (κ1) is 13.7. The lowest BCUT2D eigenvalue weighted by atomic mass is 9.94. The molecule has 0 aromatic heterocycles. The van der Waals surface area contributed by atoms with E-state index in [1.807, 2.05) is 0 Å². The second kappa shape index (κ2) is 5.94. The van der Waals surface area contributed by atoms with Gasteiger partial charge < -0.3 is 10.1 Å². The van der Waals surface area contributed by atoms with Gasteiger partial charge in [-0.1, -0.05) is 6.92 Å². The Hall–Kier alpha value is 0.270. The lowest BCUT2D eigenvalue weighted by molar-refractivity contribution is -0.0245. The minimum Gasteiger partial charge on any atom is -0.372 e. The van der Waals surface area contributed by atoms with E-state index in [0.717, 1.165) is 12.0 Å². The molecular weight excluding hydrogens is 230 g/mol. The average molecular weight is 257 g/mol. The molecule has 2 fully saturated rings. The third-order valence-corrected chi connectivity index (χ3v) is 5.23. The number of hydrogen-bond donors (Lipinski definition) is 1. The highest BCUT2D eigenvalue weighted by Crippen LogP contribution is 2.36. The fourth-order valence-electron chi connectivity index (χ4n) is 2.97. The lowest BCUT2D eigenvalue weighted by Crippen LogP contribution is -2.37. The summed E-state index contributed by atoms with van der Waals surface area (Å²) in [7, 11) is 0. The molecule has 2 saturated heterocycles. The van der Waals surface area contributed by atoms with Crippen LogP contribution < -0.4 is 5.32 Å². The zero-order chi connectivity index (χ0) is 12.3. The van der Waals surface area contributed by atoms with Gasteiger partial charge in [-0.25, -0.2) is 0 Å². The van der Waals surface area contributed by atoms with Gasteiger partial charge in [-0.3, -0.25) is 0 Å². The molecule has 2 rings (SSSR count). The number of hydrogen-bond acceptors (Lipinski definition) is 3. The lowest BCUT2D eigenvalue weighted by Gasteiger charge is -2.24. The molecule has 0 amide bonds. The topological polar surface area (TPSA) is 21.3 Å². The highest BCUT2D eigenvalue weighted by Gasteiger charge is 2.36. The van der Waals surface area contributed by atoms with Crippen molar-refractivity contribution in [2.24, 2.45) is 5.92 Å². The first-order valence-electron chi connectivity index (χ1n) is 7.09. The van der Waals surface area contributed by atoms with Gasteiger partial charge in [0, 0.05) is 11.8 Å². The Morgan fingerprint density at radius 3 is 2.82 bits per heavy atom. The minimum absolute atomic E-state index is 0.128. The molecule has 0 spiro atoms. The van der Waals surface area contributed by atoms with E-state index in [9.17, 15) is 0 Å². The van der Waals surface area contributed by atoms with Crippen LogP contribution in [0.2, 0.25) is 0 Å². The molecule has 100 valence electrons. The predicted octanol–water partition coefficient (Wildman–Crippen LogP) is 3.07. The number of thioether (sulfide) groups is 1. The van der Waals surface area contributed by atoms with Gasteiger partial charge in [0.25, 0.3) is 0 Å². The standard InChI is InChI=1S/C14H27NOS/c1-4-7-15-13-10-17-9-11(13)8-12-5-6-14(2,3)16-12/h11-13,15H,4-10H2,1-3H3. The summed E-state index contributed by atoms with van der Waals surface area (Å²) in [6.45, 7) is 7.86. The van der Waals surface area contributed by atoms with Crippen LogP contribution in [-0.4, -0.2) is 35.8 Å². The highest BCUT2D eigenvalue weighted by atomic mass is 32.2. The normalized spacial score (nSPS) is 36.5. The van der Waals surface area contributed by atoms with Crippen LogP contribution in [0.5, 0.6) is 0 Å². The average Bonchev–Trinajstić information content (AvgIpc) is 2.83. The van der Waals surface area contributed by atoms with E-state index in [0.29, 0.717) is 6.10 Å². The molecule has 0 bridgehead atoms. The van der Waals surface area contributed by atoms with Crippen LogP contribution in [0.1, 0.15) is 46.5 Å². The van der Waals surface area contributed by atoms with Crippen molar-refractivity contribution in [2.45, 2.75) is 64.2 Å². The zero-order valence-electron chi connectivity index (χ0n) is 11.5. The smallest absolute Gasteiger partial charge is 0.0631 e. The molecule has 1 N–H and O–H groups in total. The highest BCUT2D eigenvalue weighted by molar-refractivity contribution is 7.99. The molecule has 0 aliphatic carbocycles. The van der Waals surface area contributed by atoms with E-state index < -0.39 is 0 Å². The van der Waals surface area contributed by atoms with Gasteiger partial charge >= 0.3 is 0 Å². The Morgan fingerprint density at radius 2 is 2.18 bits per heavy atom. The molecule has 2 nitrogen and oxygen atoms in total. The second-order valence-electron chi connectivity index (χ2n) is 6.13. The van der Waals surface area contributed by atoms with E-state index in [2.05, 4.69) is 37.8 Å². The van der Waals surface area contributed by atoms with Crippen molar-refractivity contribution in [3.05, 3.63) is 0 Å². The second-order valence-corrected chi connectivity index (χ2v) is 7.21. The van der Waals surface area contributed by atoms with Crippen LogP contribution in [-0.2, 0) is 4.74 Å². The quantitative estimate of drug-likeness (QED) is 0.818. The van der Waals surface area contributed by atoms with Gasteiger partial charge in [0.2, 0.25) is 0 Å². The summed E-state index contributed by atoms with van der Waals surface area (Å²) in [5, 5.41) is 3.70. The van der Waals surface area contributed by atoms with E-state index in [-0.39, 0.29) is 5.60 Å². The number of ether oxygens (including phenoxy) is 1. The third-order valence-electron chi connectivity index (χ3n) is 3.97. The summed E-state index contributed by atoms with van der Waals surface area (Å²) in [5.41, 5.74) is 0.128. The van der Waals surface area contributed by atoms with Crippen molar-refractivity contribution in [1.82, 2.24) is 5.32 Å². The fourth-order valence-corrected chi connectivity index (χ4v) is 4.42. The third kappa shape index (κ3) is 3.87. The summed E-state index contributed by atoms with van der Waals surface area (Å²) in [6, 6.07) is 0.729. The maximum Gasteiger partial charge on any atom is 0.0631 e. The summed E-state index contributed by atoms with van der Waals surface area (Å²) in [5.74, 6) is 3.44. The molecule has 3 atom stereocenters. The van der Waals surface area contributed by atoms with Crippen LogP contribution in [0.3, 0.4) is 0 Å². The zero-order valence-corrected chi connectivity index (χ0v) is 12.3. The number of nitrogens with one attached hydrogen (secondary N) is 1. The molecule has 3 unspecified atom stereocenters. The molecule has 17 heavy (non-hydrogen) atoms. The Balaban J connectivity index is 1.78. The maximum absolute atomic E-state index is 6.13. The molecule has 0 aromatic rings. The van der Waals surface area contributed by atoms with E-state index in [4.69, 9.17) is 4.74 Å². The van der Waals surface area contributed by atoms with Crippen LogP contribution in [0.15, 0.2) is 0 Å². The summed E-state index contributed by atoms with van der Waals surface area (Å²) < 4.78 is 6.13. The van der Waals surface area contributed by atoms with Crippen LogP contribution in [0, 0.1) is 5.92 Å². The summed E-state index contributed by atoms with van der Waals surface area (Å²) >= 11 is 2.11. The molecule has 0 radical (unpaired) electrons. The monoisotopic (exact) mass is 257 g/mol. The molecule has 2 aliphatic rings. The van der Waals surface area contributed by atoms with Crippen molar-refractivity contribution in [1.29, 1.82) is 0 Å². The maximum atomic E-state index is 6.13. The van der Waals surface area contributed by atoms with Gasteiger partial charge in [0.1, 0.15) is 0 Å². The Bertz CT molecular complexity index is 244. The van der Waals surface area contributed by atoms with Crippen LogP contribution >= 0.6 is 11.8 Å². The Labute approximate surface area is 110 Å². The van der Waals surface area contributed by atoms with Gasteiger partial charge in [0.05, 0.1) is 11.7 Å². The van der Waals surface area contributed by atoms with Gasteiger partial charge in [0.15, 0.2) is 0 Å². The van der Waals surface area contributed by atoms with Gasteiger partial charge in [-0.05, 0) is 57.7 Å². The van der Waals surface area contributed by atoms with E-state index >= 15 is 0 Å². The molecule has 0 aromatic carbocycles. The summed E-state index contributed by atoms with van der Waals surface area (Å²) in [4.78, 5) is 0. The molecular formula is C14H27NOS. The SMILES string of the molecule is CCCNC1CSCC1CC1CCC(C)(C)O1. The number of rotatable bonds is 5. The van der Waals surface area contributed by atoms with Crippen molar-refractivity contribution in [2.75, 3.05) is 18.1 Å². The largest absolute Gasteiger partial charge is 0.372 e. The van der Waals surface area contributed by atoms with Crippen molar-refractivity contribution < 1.29 is 4.74 Å². The van der Waals surface area contributed by atoms with Crippen molar-refractivity contribution in [3.8, 4) is 0 Å². The van der Waals surface area contributed by atoms with Crippen molar-refractivity contribution >= 4 is 11.8 Å². The minimum atomic E-state index is 0.128. The first-order valence-corrected chi connectivity index (χ1v) is 8.25. The van der Waals surface area contributed by atoms with Gasteiger partial charge in [-0.15, -0.1) is 0 Å². The molecule has 0 saturated carbocycles. The van der Waals surface area contributed by atoms with Crippen LogP contribution in [0.4, 0.5) is 0 Å². The molecule has 2 aliphatic heterocycles. The van der Waals surface area contributed by atoms with Crippen molar-refractivity contribution in [3.63, 3.8) is 0 Å².